The lowest BCUT2D eigenvalue weighted by Gasteiger charge is -2.23. The van der Waals surface area contributed by atoms with Gasteiger partial charge in [-0.3, -0.25) is 0 Å². The maximum absolute atomic E-state index is 13.2. The zero-order valence-corrected chi connectivity index (χ0v) is 17.8. The Kier molecular flexibility index (Phi) is 5.28. The molecule has 2 bridgehead atoms. The number of ether oxygens (including phenoxy) is 1. The smallest absolute Gasteiger partial charge is 0.387 e. The van der Waals surface area contributed by atoms with E-state index in [0.29, 0.717) is 6.04 Å². The van der Waals surface area contributed by atoms with Gasteiger partial charge in [-0.05, 0) is 54.8 Å². The monoisotopic (exact) mass is 454 g/mol. The Balaban J connectivity index is 0.00000218. The van der Waals surface area contributed by atoms with Crippen LogP contribution in [0, 0.1) is 0 Å². The van der Waals surface area contributed by atoms with E-state index in [4.69, 9.17) is 0 Å². The van der Waals surface area contributed by atoms with Gasteiger partial charge in [0.2, 0.25) is 9.84 Å². The van der Waals surface area contributed by atoms with Crippen LogP contribution in [0.2, 0.25) is 0 Å². The molecule has 0 aliphatic carbocycles. The molecule has 2 unspecified atom stereocenters. The summed E-state index contributed by atoms with van der Waals surface area (Å²) in [7, 11) is -1.86. The third-order valence-corrected chi connectivity index (χ3v) is 7.76. The van der Waals surface area contributed by atoms with Crippen LogP contribution in [-0.2, 0) is 23.3 Å². The molecule has 30 heavy (non-hydrogen) atoms. The first-order chi connectivity index (χ1) is 13.8. The van der Waals surface area contributed by atoms with Crippen molar-refractivity contribution < 1.29 is 21.9 Å². The fraction of sp³-hybridized carbons (Fsp3) is 0.333. The first kappa shape index (κ1) is 21.1. The number of hydrogen-bond acceptors (Lipinski definition) is 4. The van der Waals surface area contributed by atoms with Crippen LogP contribution in [0.25, 0.3) is 10.9 Å². The fourth-order valence-electron chi connectivity index (χ4n) is 4.70. The second kappa shape index (κ2) is 7.51. The Morgan fingerprint density at radius 2 is 1.90 bits per heavy atom. The summed E-state index contributed by atoms with van der Waals surface area (Å²) in [5, 5.41) is 4.55. The lowest BCUT2D eigenvalue weighted by atomic mass is 9.99. The number of sulfone groups is 1. The molecule has 1 saturated heterocycles. The average molecular weight is 455 g/mol. The third-order valence-electron chi connectivity index (χ3n) is 6.02. The quantitative estimate of drug-likeness (QED) is 0.635. The molecule has 2 atom stereocenters. The average Bonchev–Trinajstić information content (AvgIpc) is 3.20. The van der Waals surface area contributed by atoms with Gasteiger partial charge in [-0.2, -0.15) is 8.78 Å². The predicted molar refractivity (Wildman–Crippen MR) is 111 cm³/mol. The molecule has 1 fully saturated rings. The maximum Gasteiger partial charge on any atom is 0.387 e. The molecule has 2 aliphatic rings. The summed E-state index contributed by atoms with van der Waals surface area (Å²) in [6.07, 6.45) is 3.10. The molecule has 1 N–H and O–H groups in total. The van der Waals surface area contributed by atoms with E-state index in [1.54, 1.807) is 12.1 Å². The van der Waals surface area contributed by atoms with E-state index in [2.05, 4.69) is 14.6 Å². The number of aromatic nitrogens is 1. The topological polar surface area (TPSA) is 60.3 Å². The van der Waals surface area contributed by atoms with Crippen LogP contribution in [0.5, 0.6) is 5.75 Å². The van der Waals surface area contributed by atoms with Gasteiger partial charge in [-0.1, -0.05) is 6.07 Å². The number of alkyl halides is 2. The fourth-order valence-corrected chi connectivity index (χ4v) is 6.02. The van der Waals surface area contributed by atoms with E-state index in [9.17, 15) is 17.2 Å². The number of hydrogen-bond donors (Lipinski definition) is 1. The van der Waals surface area contributed by atoms with Crippen LogP contribution in [-0.4, -0.2) is 25.6 Å². The van der Waals surface area contributed by atoms with Crippen molar-refractivity contribution in [1.29, 1.82) is 0 Å². The van der Waals surface area contributed by atoms with E-state index in [-0.39, 0.29) is 34.0 Å². The Labute approximate surface area is 179 Å². The van der Waals surface area contributed by atoms with Gasteiger partial charge in [0.05, 0.1) is 9.79 Å². The predicted octanol–water partition coefficient (Wildman–Crippen LogP) is 4.38. The van der Waals surface area contributed by atoms with Crippen molar-refractivity contribution in [1.82, 2.24) is 9.88 Å². The molecule has 3 heterocycles. The summed E-state index contributed by atoms with van der Waals surface area (Å²) < 4.78 is 57.9. The molecule has 0 spiro atoms. The summed E-state index contributed by atoms with van der Waals surface area (Å²) in [5.74, 6) is -0.180. The van der Waals surface area contributed by atoms with Gasteiger partial charge in [0, 0.05) is 42.1 Å². The van der Waals surface area contributed by atoms with Crippen molar-refractivity contribution in [3.05, 3.63) is 53.7 Å². The highest BCUT2D eigenvalue weighted by Crippen LogP contribution is 2.42. The molecule has 1 aromatic heterocycles. The van der Waals surface area contributed by atoms with E-state index in [1.165, 1.54) is 29.5 Å². The van der Waals surface area contributed by atoms with Gasteiger partial charge in [0.1, 0.15) is 5.75 Å². The summed E-state index contributed by atoms with van der Waals surface area (Å²) >= 11 is 0. The van der Waals surface area contributed by atoms with E-state index >= 15 is 0 Å². The van der Waals surface area contributed by atoms with Gasteiger partial charge in [-0.25, -0.2) is 8.42 Å². The Morgan fingerprint density at radius 1 is 1.13 bits per heavy atom. The third kappa shape index (κ3) is 3.27. The number of fused-ring (bicyclic) bond motifs is 6. The highest BCUT2D eigenvalue weighted by molar-refractivity contribution is 7.91. The number of halogens is 3. The summed E-state index contributed by atoms with van der Waals surface area (Å²) in [5.41, 5.74) is 3.44. The molecule has 0 saturated carbocycles. The molecule has 2 aromatic carbocycles. The van der Waals surface area contributed by atoms with Gasteiger partial charge in [-0.15, -0.1) is 12.4 Å². The van der Waals surface area contributed by atoms with Gasteiger partial charge in [0.25, 0.3) is 0 Å². The highest BCUT2D eigenvalue weighted by Gasteiger charge is 2.36. The highest BCUT2D eigenvalue weighted by atomic mass is 35.5. The number of benzene rings is 2. The van der Waals surface area contributed by atoms with Crippen LogP contribution >= 0.6 is 12.4 Å². The van der Waals surface area contributed by atoms with Crippen LogP contribution in [0.15, 0.2) is 52.3 Å². The summed E-state index contributed by atoms with van der Waals surface area (Å²) in [4.78, 5) is 0.0755. The second-order valence-corrected chi connectivity index (χ2v) is 9.60. The van der Waals surface area contributed by atoms with Crippen molar-refractivity contribution in [3.8, 4) is 5.75 Å². The molecule has 9 heteroatoms. The van der Waals surface area contributed by atoms with Crippen LogP contribution < -0.4 is 10.1 Å². The van der Waals surface area contributed by atoms with Crippen LogP contribution in [0.3, 0.4) is 0 Å². The molecule has 0 radical (unpaired) electrons. The second-order valence-electron chi connectivity index (χ2n) is 7.65. The lowest BCUT2D eigenvalue weighted by molar-refractivity contribution is -0.0499. The van der Waals surface area contributed by atoms with E-state index < -0.39 is 16.4 Å². The Morgan fingerprint density at radius 3 is 2.67 bits per heavy atom. The number of nitrogens with zero attached hydrogens (tertiary/aromatic N) is 1. The van der Waals surface area contributed by atoms with Crippen molar-refractivity contribution in [3.63, 3.8) is 0 Å². The van der Waals surface area contributed by atoms with Crippen molar-refractivity contribution in [2.24, 2.45) is 7.05 Å². The van der Waals surface area contributed by atoms with Crippen LogP contribution in [0.1, 0.15) is 30.1 Å². The molecule has 160 valence electrons. The maximum atomic E-state index is 13.2. The molecule has 5 rings (SSSR count). The van der Waals surface area contributed by atoms with Crippen molar-refractivity contribution >= 4 is 33.1 Å². The number of aryl methyl sites for hydroxylation is 1. The molecule has 3 aromatic rings. The van der Waals surface area contributed by atoms with E-state index in [0.717, 1.165) is 36.2 Å². The van der Waals surface area contributed by atoms with Gasteiger partial charge >= 0.3 is 6.61 Å². The van der Waals surface area contributed by atoms with Crippen molar-refractivity contribution in [2.45, 2.75) is 47.7 Å². The molecular weight excluding hydrogens is 434 g/mol. The van der Waals surface area contributed by atoms with Gasteiger partial charge < -0.3 is 14.6 Å². The Hall–Kier alpha value is -2.16. The summed E-state index contributed by atoms with van der Waals surface area (Å²) in [6.45, 7) is -3.01. The molecule has 5 nitrogen and oxygen atoms in total. The number of rotatable bonds is 4. The zero-order chi connectivity index (χ0) is 20.3. The normalized spacial score (nSPS) is 20.3. The molecular formula is C21H21ClF2N2O3S. The van der Waals surface area contributed by atoms with Crippen molar-refractivity contribution in [2.75, 3.05) is 0 Å². The molecule has 2 aliphatic heterocycles. The minimum absolute atomic E-state index is 0. The lowest BCUT2D eigenvalue weighted by Crippen LogP contribution is -2.32. The standard InChI is InChI=1S/C21H20F2N2O3S.ClH/c1-25-18-8-6-15(11-16(18)20-17-7-5-12(24-17)9-19(20)25)29(26,27)14-4-2-3-13(10-14)28-21(22)23;/h2-4,6,8,10-12,17,21,24H,5,7,9H2,1H3;1H. The largest absolute Gasteiger partial charge is 0.435 e. The SMILES string of the molecule is Cl.Cn1c2c(c3cc(S(=O)(=O)c4cccc(OC(F)F)c4)ccc31)C1CCC(C2)N1. The number of nitrogens with one attached hydrogen (secondary N) is 1. The van der Waals surface area contributed by atoms with Gasteiger partial charge in [0.15, 0.2) is 0 Å². The zero-order valence-electron chi connectivity index (χ0n) is 16.1. The first-order valence-corrected chi connectivity index (χ1v) is 11.0. The van der Waals surface area contributed by atoms with Crippen LogP contribution in [0.4, 0.5) is 8.78 Å². The minimum atomic E-state index is -3.87. The minimum Gasteiger partial charge on any atom is -0.435 e. The molecule has 0 amide bonds. The first-order valence-electron chi connectivity index (χ1n) is 9.52. The Bertz CT molecular complexity index is 1230. The summed E-state index contributed by atoms with van der Waals surface area (Å²) in [6, 6.07) is 11.1. The van der Waals surface area contributed by atoms with E-state index in [1.807, 2.05) is 13.1 Å².